The van der Waals surface area contributed by atoms with Crippen LogP contribution >= 0.6 is 0 Å². The summed E-state index contributed by atoms with van der Waals surface area (Å²) in [5, 5.41) is 3.69. The summed E-state index contributed by atoms with van der Waals surface area (Å²) in [4.78, 5) is 14.9. The lowest BCUT2D eigenvalue weighted by Crippen LogP contribution is -2.32. The first-order chi connectivity index (χ1) is 33.1. The summed E-state index contributed by atoms with van der Waals surface area (Å²) < 4.78 is 6.54. The third kappa shape index (κ3) is 11.0. The minimum Gasteiger partial charge on any atom is -0.252 e. The van der Waals surface area contributed by atoms with Gasteiger partial charge in [-0.2, -0.15) is 0 Å². The van der Waals surface area contributed by atoms with Gasteiger partial charge in [-0.3, -0.25) is 4.98 Å². The Morgan fingerprint density at radius 1 is 0.443 bits per heavy atom. The van der Waals surface area contributed by atoms with Crippen molar-refractivity contribution in [3.63, 3.8) is 0 Å². The van der Waals surface area contributed by atoms with Gasteiger partial charge in [-0.1, -0.05) is 89.6 Å². The zero-order chi connectivity index (χ0) is 50.9. The Hall–Kier alpha value is -6.66. The van der Waals surface area contributed by atoms with Gasteiger partial charge in [0.25, 0.3) is 0 Å². The van der Waals surface area contributed by atoms with Gasteiger partial charge >= 0.3 is 11.6 Å². The fraction of sp³-hybridized carbons (Fsp3) is 0.344. The topological polar surface area (TPSA) is 50.3 Å². The van der Waals surface area contributed by atoms with Crippen LogP contribution in [0.2, 0.25) is 0 Å². The second-order valence-corrected chi connectivity index (χ2v) is 21.1. The van der Waals surface area contributed by atoms with Crippen LogP contribution in [0.1, 0.15) is 120 Å². The first-order valence-electron chi connectivity index (χ1n) is 25.2. The van der Waals surface area contributed by atoms with E-state index in [9.17, 15) is 0 Å². The highest BCUT2D eigenvalue weighted by molar-refractivity contribution is 5.84. The largest absolute Gasteiger partial charge is 0.331 e. The third-order valence-electron chi connectivity index (χ3n) is 14.1. The third-order valence-corrected chi connectivity index (χ3v) is 14.1. The molecule has 0 spiro atoms. The molecule has 6 heteroatoms. The predicted octanol–water partition coefficient (Wildman–Crippen LogP) is 14.4. The highest BCUT2D eigenvalue weighted by Gasteiger charge is 2.23. The lowest BCUT2D eigenvalue weighted by molar-refractivity contribution is -0.661. The van der Waals surface area contributed by atoms with Crippen LogP contribution in [0.3, 0.4) is 0 Å². The Bertz CT molecular complexity index is 3350. The summed E-state index contributed by atoms with van der Waals surface area (Å²) in [6.45, 7) is 32.9. The van der Waals surface area contributed by atoms with E-state index in [1.165, 1.54) is 99.7 Å². The van der Waals surface area contributed by atoms with Gasteiger partial charge < -0.3 is 0 Å². The molecule has 360 valence electrons. The van der Waals surface area contributed by atoms with Crippen molar-refractivity contribution in [3.05, 3.63) is 176 Å². The first kappa shape index (κ1) is 51.2. The van der Waals surface area contributed by atoms with Gasteiger partial charge in [-0.05, 0) is 195 Å². The average Bonchev–Trinajstić information content (AvgIpc) is 3.29. The molecule has 0 unspecified atom stereocenters. The lowest BCUT2D eigenvalue weighted by atomic mass is 9.97. The normalized spacial score (nSPS) is 11.4. The Kier molecular flexibility index (Phi) is 15.5. The fourth-order valence-electron chi connectivity index (χ4n) is 9.85. The lowest BCUT2D eigenvalue weighted by Gasteiger charge is -2.11. The van der Waals surface area contributed by atoms with Crippen molar-refractivity contribution in [2.75, 3.05) is 0 Å². The Morgan fingerprint density at radius 3 is 1.44 bits per heavy atom. The van der Waals surface area contributed by atoms with Crippen molar-refractivity contribution < 1.29 is 13.7 Å². The molecule has 0 aliphatic carbocycles. The van der Waals surface area contributed by atoms with E-state index >= 15 is 0 Å². The number of pyridine rings is 2. The van der Waals surface area contributed by atoms with Crippen LogP contribution < -0.4 is 13.7 Å². The minimum atomic E-state index is 0.444. The minimum absolute atomic E-state index is 0.444. The zero-order valence-corrected chi connectivity index (χ0v) is 45.5. The second kappa shape index (κ2) is 21.1. The fourth-order valence-corrected chi connectivity index (χ4v) is 9.85. The van der Waals surface area contributed by atoms with Crippen molar-refractivity contribution in [3.8, 4) is 34.0 Å². The maximum atomic E-state index is 5.02. The van der Waals surface area contributed by atoms with E-state index in [0.717, 1.165) is 40.3 Å². The van der Waals surface area contributed by atoms with E-state index in [1.54, 1.807) is 0 Å². The van der Waals surface area contributed by atoms with Crippen molar-refractivity contribution in [2.24, 2.45) is 27.1 Å². The molecule has 0 atom stereocenters. The smallest absolute Gasteiger partial charge is 0.252 e. The summed E-state index contributed by atoms with van der Waals surface area (Å²) in [7, 11) is 6.31. The number of hydrogen-bond acceptors (Lipinski definition) is 3. The van der Waals surface area contributed by atoms with Crippen LogP contribution in [-0.4, -0.2) is 15.0 Å². The van der Waals surface area contributed by atoms with Crippen LogP contribution in [0.15, 0.2) is 110 Å². The van der Waals surface area contributed by atoms with Crippen molar-refractivity contribution >= 4 is 32.7 Å². The summed E-state index contributed by atoms with van der Waals surface area (Å²) in [6, 6.07) is 32.9. The molecule has 0 saturated heterocycles. The molecule has 70 heavy (non-hydrogen) atoms. The van der Waals surface area contributed by atoms with E-state index < -0.39 is 0 Å². The number of benzene rings is 5. The molecule has 0 fully saturated rings. The van der Waals surface area contributed by atoms with Crippen molar-refractivity contribution in [2.45, 2.75) is 122 Å². The highest BCUT2D eigenvalue weighted by atomic mass is 15.0. The number of nitrogens with zero attached hydrogens (tertiary/aromatic N) is 6. The van der Waals surface area contributed by atoms with Gasteiger partial charge in [-0.15, -0.1) is 0 Å². The molecule has 9 rings (SSSR count). The number of rotatable bonds is 7. The van der Waals surface area contributed by atoms with E-state index in [0.29, 0.717) is 17.8 Å². The highest BCUT2D eigenvalue weighted by Crippen LogP contribution is 2.31. The quantitative estimate of drug-likeness (QED) is 0.150. The van der Waals surface area contributed by atoms with Gasteiger partial charge in [0.05, 0.1) is 46.9 Å². The van der Waals surface area contributed by atoms with Crippen molar-refractivity contribution in [1.82, 2.24) is 15.0 Å². The van der Waals surface area contributed by atoms with Crippen LogP contribution in [0.5, 0.6) is 0 Å². The molecule has 0 bridgehead atoms. The van der Waals surface area contributed by atoms with E-state index in [2.05, 4.69) is 248 Å². The SMILES string of the molecule is Cc1cc(C)c(C)c(-c2cc3nc(C(C)C)ccc3c[n+]2C)c1.Cc1cc(C)c(C)c(-c2nc3cccc(C(C)C)c3c[n+]2C)c1.Cc1cc(C)c(C)c(-c2nc3cccc(CC(C)C)c3c[n+]2C)c1. The summed E-state index contributed by atoms with van der Waals surface area (Å²) in [5.74, 6) is 3.65. The summed E-state index contributed by atoms with van der Waals surface area (Å²) >= 11 is 0. The maximum Gasteiger partial charge on any atom is 0.331 e. The molecule has 0 aliphatic rings. The van der Waals surface area contributed by atoms with Crippen molar-refractivity contribution in [1.29, 1.82) is 0 Å². The Morgan fingerprint density at radius 2 is 0.929 bits per heavy atom. The average molecular weight is 930 g/mol. The van der Waals surface area contributed by atoms with Gasteiger partial charge in [0.1, 0.15) is 19.4 Å². The predicted molar refractivity (Wildman–Crippen MR) is 294 cm³/mol. The molecular formula is C64H77N6+3. The molecule has 9 aromatic rings. The van der Waals surface area contributed by atoms with Crippen LogP contribution in [-0.2, 0) is 27.6 Å². The molecule has 5 aromatic carbocycles. The Balaban J connectivity index is 0.000000155. The molecule has 4 aromatic heterocycles. The monoisotopic (exact) mass is 930 g/mol. The van der Waals surface area contributed by atoms with Gasteiger partial charge in [0.15, 0.2) is 17.2 Å². The summed E-state index contributed by atoms with van der Waals surface area (Å²) in [5.41, 5.74) is 23.9. The molecule has 0 saturated carbocycles. The maximum absolute atomic E-state index is 5.02. The number of fused-ring (bicyclic) bond motifs is 3. The molecule has 0 aliphatic heterocycles. The first-order valence-corrected chi connectivity index (χ1v) is 25.2. The van der Waals surface area contributed by atoms with Gasteiger partial charge in [0.2, 0.25) is 5.69 Å². The molecule has 0 radical (unpaired) electrons. The summed E-state index contributed by atoms with van der Waals surface area (Å²) in [6.07, 6.45) is 7.73. The van der Waals surface area contributed by atoms with Crippen LogP contribution in [0, 0.1) is 68.2 Å². The number of aryl methyl sites for hydroxylation is 9. The number of aromatic nitrogens is 6. The Labute approximate surface area is 419 Å². The van der Waals surface area contributed by atoms with E-state index in [4.69, 9.17) is 15.0 Å². The molecular weight excluding hydrogens is 853 g/mol. The standard InChI is InChI=1S/C22H27N2.2C21H25N2/c1-14(2)10-18-8-7-9-21-20(18)13-24(6)22(23-21)19-12-15(3)11-16(4)17(19)5;1-13(2)19-8-7-17-12-23(6)21(11-20(17)22-19)18-10-14(3)9-15(4)16(18)5;1-13(2)17-8-7-9-20-19(17)12-23(6)21(22-20)18-11-14(3)10-15(4)16(18)5/h7-9,11-14H,10H2,1-6H3;2*7-13H,1-6H3/q3*+1. The zero-order valence-electron chi connectivity index (χ0n) is 45.5. The van der Waals surface area contributed by atoms with E-state index in [1.807, 2.05) is 0 Å². The number of hydrogen-bond donors (Lipinski definition) is 0. The molecule has 0 N–H and O–H groups in total. The van der Waals surface area contributed by atoms with Gasteiger partial charge in [-0.25, -0.2) is 13.7 Å². The molecule has 6 nitrogen and oxygen atoms in total. The van der Waals surface area contributed by atoms with Crippen LogP contribution in [0.4, 0.5) is 0 Å². The van der Waals surface area contributed by atoms with Gasteiger partial charge in [0, 0.05) is 17.3 Å². The molecule has 0 amide bonds. The van der Waals surface area contributed by atoms with E-state index in [-0.39, 0.29) is 0 Å². The second-order valence-electron chi connectivity index (χ2n) is 21.1. The molecule has 4 heterocycles. The van der Waals surface area contributed by atoms with Crippen LogP contribution in [0.25, 0.3) is 66.7 Å².